The number of alkyl halides is 3. The molecule has 108 valence electrons. The van der Waals surface area contributed by atoms with E-state index in [2.05, 4.69) is 20.7 Å². The Balaban J connectivity index is 2.69. The van der Waals surface area contributed by atoms with Gasteiger partial charge in [0.2, 0.25) is 10.0 Å². The first kappa shape index (κ1) is 16.6. The molecular formula is C9H10BrF3N2O2S2. The summed E-state index contributed by atoms with van der Waals surface area (Å²) in [5.41, 5.74) is 1.34. The standard InChI is InChI=1S/C9H10BrF3N2O2S2/c10-7-2-1-6(14)5-8(7)19(16,17)15-3-4-18-9(11,12)13/h1-2,5,15H,3-4,14H2. The van der Waals surface area contributed by atoms with E-state index < -0.39 is 21.3 Å². The summed E-state index contributed by atoms with van der Waals surface area (Å²) in [5.74, 6) is -0.400. The van der Waals surface area contributed by atoms with E-state index in [9.17, 15) is 21.6 Å². The van der Waals surface area contributed by atoms with Crippen LogP contribution in [0.15, 0.2) is 27.6 Å². The summed E-state index contributed by atoms with van der Waals surface area (Å²) in [6, 6.07) is 4.18. The summed E-state index contributed by atoms with van der Waals surface area (Å²) in [6.07, 6.45) is 0. The van der Waals surface area contributed by atoms with E-state index in [1.54, 1.807) is 0 Å². The Hall–Kier alpha value is -0.450. The molecule has 0 fully saturated rings. The molecule has 0 atom stereocenters. The van der Waals surface area contributed by atoms with Crippen molar-refractivity contribution in [2.75, 3.05) is 18.0 Å². The van der Waals surface area contributed by atoms with E-state index >= 15 is 0 Å². The van der Waals surface area contributed by atoms with E-state index in [4.69, 9.17) is 5.73 Å². The third-order valence-corrected chi connectivity index (χ3v) is 5.10. The topological polar surface area (TPSA) is 72.2 Å². The van der Waals surface area contributed by atoms with E-state index in [0.29, 0.717) is 0 Å². The molecule has 0 aromatic heterocycles. The number of hydrogen-bond acceptors (Lipinski definition) is 4. The zero-order valence-corrected chi connectivity index (χ0v) is 12.6. The van der Waals surface area contributed by atoms with Crippen molar-refractivity contribution in [1.29, 1.82) is 0 Å². The number of benzene rings is 1. The second-order valence-electron chi connectivity index (χ2n) is 3.38. The molecule has 0 heterocycles. The van der Waals surface area contributed by atoms with Gasteiger partial charge in [0.15, 0.2) is 0 Å². The zero-order valence-electron chi connectivity index (χ0n) is 9.37. The Morgan fingerprint density at radius 3 is 2.58 bits per heavy atom. The lowest BCUT2D eigenvalue weighted by atomic mass is 10.3. The summed E-state index contributed by atoms with van der Waals surface area (Å²) in [4.78, 5) is -0.107. The number of rotatable bonds is 5. The molecule has 1 rings (SSSR count). The fourth-order valence-corrected chi connectivity index (χ4v) is 3.74. The summed E-state index contributed by atoms with van der Waals surface area (Å²) < 4.78 is 61.7. The number of nitrogen functional groups attached to an aromatic ring is 1. The number of thioether (sulfide) groups is 1. The molecule has 0 unspecified atom stereocenters. The van der Waals surface area contributed by atoms with Crippen LogP contribution in [0.4, 0.5) is 18.9 Å². The maximum atomic E-state index is 11.9. The molecule has 4 nitrogen and oxygen atoms in total. The van der Waals surface area contributed by atoms with Gasteiger partial charge in [-0.15, -0.1) is 0 Å². The Morgan fingerprint density at radius 2 is 2.00 bits per heavy atom. The summed E-state index contributed by atoms with van der Waals surface area (Å²) in [5, 5.41) is 0. The lowest BCUT2D eigenvalue weighted by molar-refractivity contribution is -0.0327. The van der Waals surface area contributed by atoms with Crippen LogP contribution in [0.1, 0.15) is 0 Å². The van der Waals surface area contributed by atoms with Gasteiger partial charge in [-0.05, 0) is 45.9 Å². The largest absolute Gasteiger partial charge is 0.441 e. The van der Waals surface area contributed by atoms with Gasteiger partial charge >= 0.3 is 5.51 Å². The van der Waals surface area contributed by atoms with Crippen molar-refractivity contribution in [2.24, 2.45) is 0 Å². The third-order valence-electron chi connectivity index (χ3n) is 1.90. The fourth-order valence-electron chi connectivity index (χ4n) is 1.15. The Labute approximate surface area is 121 Å². The molecule has 0 saturated heterocycles. The van der Waals surface area contributed by atoms with Gasteiger partial charge in [-0.3, -0.25) is 0 Å². The summed E-state index contributed by atoms with van der Waals surface area (Å²) >= 11 is 2.76. The van der Waals surface area contributed by atoms with Crippen LogP contribution >= 0.6 is 27.7 Å². The van der Waals surface area contributed by atoms with Gasteiger partial charge in [-0.1, -0.05) is 0 Å². The van der Waals surface area contributed by atoms with Crippen LogP contribution in [-0.4, -0.2) is 26.2 Å². The van der Waals surface area contributed by atoms with Crippen LogP contribution in [0.5, 0.6) is 0 Å². The second kappa shape index (κ2) is 6.33. The molecular weight excluding hydrogens is 369 g/mol. The normalized spacial score (nSPS) is 12.6. The van der Waals surface area contributed by atoms with Gasteiger partial charge in [-0.25, -0.2) is 13.1 Å². The monoisotopic (exact) mass is 378 g/mol. The maximum Gasteiger partial charge on any atom is 0.441 e. The third kappa shape index (κ3) is 5.59. The molecule has 0 aliphatic carbocycles. The molecule has 19 heavy (non-hydrogen) atoms. The highest BCUT2D eigenvalue weighted by molar-refractivity contribution is 9.10. The van der Waals surface area contributed by atoms with Gasteiger partial charge < -0.3 is 5.73 Å². The first-order chi connectivity index (χ1) is 8.62. The molecule has 0 aliphatic heterocycles. The minimum Gasteiger partial charge on any atom is -0.399 e. The smallest absolute Gasteiger partial charge is 0.399 e. The molecule has 0 saturated carbocycles. The van der Waals surface area contributed by atoms with Crippen molar-refractivity contribution in [3.8, 4) is 0 Å². The molecule has 1 aromatic carbocycles. The predicted octanol–water partition coefficient (Wildman–Crippen LogP) is 2.56. The molecule has 3 N–H and O–H groups in total. The highest BCUT2D eigenvalue weighted by Crippen LogP contribution is 2.29. The second-order valence-corrected chi connectivity index (χ2v) is 7.13. The van der Waals surface area contributed by atoms with E-state index in [1.807, 2.05) is 0 Å². The average Bonchev–Trinajstić information content (AvgIpc) is 2.26. The van der Waals surface area contributed by atoms with Crippen LogP contribution in [0, 0.1) is 0 Å². The molecule has 0 amide bonds. The van der Waals surface area contributed by atoms with Gasteiger partial charge in [0, 0.05) is 22.5 Å². The number of hydrogen-bond donors (Lipinski definition) is 2. The first-order valence-corrected chi connectivity index (χ1v) is 8.13. The average molecular weight is 379 g/mol. The van der Waals surface area contributed by atoms with Crippen molar-refractivity contribution in [1.82, 2.24) is 4.72 Å². The molecule has 10 heteroatoms. The van der Waals surface area contributed by atoms with Crippen LogP contribution in [0.2, 0.25) is 0 Å². The van der Waals surface area contributed by atoms with Crippen molar-refractivity contribution < 1.29 is 21.6 Å². The van der Waals surface area contributed by atoms with Crippen LogP contribution in [0.25, 0.3) is 0 Å². The van der Waals surface area contributed by atoms with Crippen LogP contribution in [0.3, 0.4) is 0 Å². The van der Waals surface area contributed by atoms with Crippen LogP contribution < -0.4 is 10.5 Å². The number of nitrogens with two attached hydrogens (primary N) is 1. The lowest BCUT2D eigenvalue weighted by Gasteiger charge is -2.10. The Kier molecular flexibility index (Phi) is 5.53. The van der Waals surface area contributed by atoms with Gasteiger partial charge in [0.05, 0.1) is 4.90 Å². The lowest BCUT2D eigenvalue weighted by Crippen LogP contribution is -2.27. The van der Waals surface area contributed by atoms with Gasteiger partial charge in [0.25, 0.3) is 0 Å². The quantitative estimate of drug-likeness (QED) is 0.609. The van der Waals surface area contributed by atoms with Crippen LogP contribution in [-0.2, 0) is 10.0 Å². The summed E-state index contributed by atoms with van der Waals surface area (Å²) in [6.45, 7) is -0.326. The van der Waals surface area contributed by atoms with Gasteiger partial charge in [0.1, 0.15) is 0 Å². The van der Waals surface area contributed by atoms with E-state index in [-0.39, 0.29) is 33.4 Å². The van der Waals surface area contributed by atoms with Crippen molar-refractivity contribution in [3.05, 3.63) is 22.7 Å². The zero-order chi connectivity index (χ0) is 14.7. The minimum atomic E-state index is -4.37. The van der Waals surface area contributed by atoms with Crippen molar-refractivity contribution >= 4 is 43.4 Å². The Bertz CT molecular complexity index is 549. The van der Waals surface area contributed by atoms with Crippen molar-refractivity contribution in [3.63, 3.8) is 0 Å². The molecule has 0 aliphatic rings. The molecule has 0 spiro atoms. The number of sulfonamides is 1. The fraction of sp³-hybridized carbons (Fsp3) is 0.333. The Morgan fingerprint density at radius 1 is 1.37 bits per heavy atom. The predicted molar refractivity (Wildman–Crippen MR) is 72.3 cm³/mol. The van der Waals surface area contributed by atoms with Crippen molar-refractivity contribution in [2.45, 2.75) is 10.4 Å². The highest BCUT2D eigenvalue weighted by atomic mass is 79.9. The van der Waals surface area contributed by atoms with E-state index in [1.165, 1.54) is 18.2 Å². The molecule has 0 bridgehead atoms. The molecule has 1 aromatic rings. The number of nitrogens with one attached hydrogen (secondary N) is 1. The highest BCUT2D eigenvalue weighted by Gasteiger charge is 2.28. The molecule has 0 radical (unpaired) electrons. The van der Waals surface area contributed by atoms with Gasteiger partial charge in [-0.2, -0.15) is 13.2 Å². The maximum absolute atomic E-state index is 11.9. The number of anilines is 1. The minimum absolute atomic E-state index is 0.107. The number of halogens is 4. The summed E-state index contributed by atoms with van der Waals surface area (Å²) in [7, 11) is -3.89. The SMILES string of the molecule is Nc1ccc(Br)c(S(=O)(=O)NCCSC(F)(F)F)c1. The van der Waals surface area contributed by atoms with E-state index in [0.717, 1.165) is 0 Å². The first-order valence-electron chi connectivity index (χ1n) is 4.87.